The summed E-state index contributed by atoms with van der Waals surface area (Å²) in [7, 11) is 0. The molecular weight excluding hydrogens is 469 g/mol. The van der Waals surface area contributed by atoms with Crippen molar-refractivity contribution < 1.29 is 18.7 Å². The number of carbonyl (C=O) groups is 2. The summed E-state index contributed by atoms with van der Waals surface area (Å²) in [5.74, 6) is -1.14. The topological polar surface area (TPSA) is 81.5 Å². The molecular formula is C26H30FN3O4S. The third kappa shape index (κ3) is 5.96. The van der Waals surface area contributed by atoms with Crippen LogP contribution < -0.4 is 5.56 Å². The van der Waals surface area contributed by atoms with Gasteiger partial charge in [0, 0.05) is 24.0 Å². The van der Waals surface area contributed by atoms with Crippen LogP contribution in [0.3, 0.4) is 0 Å². The molecule has 0 unspecified atom stereocenters. The maximum Gasteiger partial charge on any atom is 0.308 e. The van der Waals surface area contributed by atoms with Crippen LogP contribution in [0.1, 0.15) is 54.5 Å². The van der Waals surface area contributed by atoms with Gasteiger partial charge in [-0.05, 0) is 49.9 Å². The van der Waals surface area contributed by atoms with Crippen LogP contribution in [0.2, 0.25) is 0 Å². The van der Waals surface area contributed by atoms with Crippen molar-refractivity contribution in [2.45, 2.75) is 71.5 Å². The van der Waals surface area contributed by atoms with Crippen LogP contribution in [0.25, 0.3) is 10.2 Å². The largest absolute Gasteiger partial charge is 0.456 e. The monoisotopic (exact) mass is 499 g/mol. The van der Waals surface area contributed by atoms with Crippen molar-refractivity contribution >= 4 is 33.4 Å². The van der Waals surface area contributed by atoms with Gasteiger partial charge in [-0.15, -0.1) is 11.3 Å². The van der Waals surface area contributed by atoms with Gasteiger partial charge in [0.05, 0.1) is 18.1 Å². The zero-order valence-corrected chi connectivity index (χ0v) is 20.9. The molecule has 9 heteroatoms. The van der Waals surface area contributed by atoms with Crippen molar-refractivity contribution in [2.75, 3.05) is 6.61 Å². The summed E-state index contributed by atoms with van der Waals surface area (Å²) in [6.45, 7) is 3.97. The number of rotatable bonds is 8. The first-order valence-corrected chi connectivity index (χ1v) is 12.8. The van der Waals surface area contributed by atoms with Crippen molar-refractivity contribution in [1.82, 2.24) is 14.5 Å². The Bertz CT molecular complexity index is 1260. The molecule has 1 aliphatic carbocycles. The van der Waals surface area contributed by atoms with E-state index >= 15 is 0 Å². The molecule has 1 fully saturated rings. The van der Waals surface area contributed by atoms with Crippen molar-refractivity contribution in [3.8, 4) is 0 Å². The molecule has 1 saturated carbocycles. The standard InChI is InChI=1S/C26H30FN3O4S/c1-17-18(2)35-25-24(17)26(33)29(16-28-25)13-12-23(32)34-15-22(31)30(21-6-4-3-5-7-21)14-19-8-10-20(27)11-9-19/h8-11,16,21H,3-7,12-15H2,1-2H3. The van der Waals surface area contributed by atoms with Crippen LogP contribution in [-0.4, -0.2) is 39.0 Å². The van der Waals surface area contributed by atoms with E-state index in [-0.39, 0.29) is 42.9 Å². The summed E-state index contributed by atoms with van der Waals surface area (Å²) in [5.41, 5.74) is 1.57. The second kappa shape index (κ2) is 11.1. The summed E-state index contributed by atoms with van der Waals surface area (Å²) in [4.78, 5) is 46.1. The minimum absolute atomic E-state index is 0.0378. The van der Waals surface area contributed by atoms with Gasteiger partial charge in [-0.2, -0.15) is 0 Å². The van der Waals surface area contributed by atoms with Crippen LogP contribution in [0, 0.1) is 19.7 Å². The molecule has 35 heavy (non-hydrogen) atoms. The first kappa shape index (κ1) is 25.0. The van der Waals surface area contributed by atoms with Crippen molar-refractivity contribution in [2.24, 2.45) is 0 Å². The van der Waals surface area contributed by atoms with E-state index in [0.29, 0.717) is 16.8 Å². The lowest BCUT2D eigenvalue weighted by molar-refractivity contribution is -0.153. The molecule has 0 N–H and O–H groups in total. The summed E-state index contributed by atoms with van der Waals surface area (Å²) in [6.07, 6.45) is 6.47. The first-order valence-electron chi connectivity index (χ1n) is 12.0. The SMILES string of the molecule is Cc1sc2ncn(CCC(=O)OCC(=O)N(Cc3ccc(F)cc3)C3CCCCC3)c(=O)c2c1C. The van der Waals surface area contributed by atoms with Gasteiger partial charge >= 0.3 is 5.97 Å². The minimum Gasteiger partial charge on any atom is -0.456 e. The van der Waals surface area contributed by atoms with Crippen molar-refractivity contribution in [3.63, 3.8) is 0 Å². The Morgan fingerprint density at radius 3 is 2.60 bits per heavy atom. The molecule has 2 heterocycles. The molecule has 0 aliphatic heterocycles. The molecule has 0 bridgehead atoms. The fourth-order valence-corrected chi connectivity index (χ4v) is 5.53. The van der Waals surface area contributed by atoms with Gasteiger partial charge in [0.1, 0.15) is 10.6 Å². The zero-order chi connectivity index (χ0) is 24.9. The van der Waals surface area contributed by atoms with Crippen LogP contribution in [0.4, 0.5) is 4.39 Å². The van der Waals surface area contributed by atoms with Crippen LogP contribution in [0.5, 0.6) is 0 Å². The predicted octanol–water partition coefficient (Wildman–Crippen LogP) is 4.51. The van der Waals surface area contributed by atoms with Crippen molar-refractivity contribution in [1.29, 1.82) is 0 Å². The normalized spacial score (nSPS) is 14.3. The summed E-state index contributed by atoms with van der Waals surface area (Å²) in [6, 6.07) is 6.18. The number of aryl methyl sites for hydroxylation is 3. The molecule has 0 saturated heterocycles. The maximum absolute atomic E-state index is 13.3. The highest BCUT2D eigenvalue weighted by atomic mass is 32.1. The highest BCUT2D eigenvalue weighted by molar-refractivity contribution is 7.18. The summed E-state index contributed by atoms with van der Waals surface area (Å²) in [5, 5.41) is 0.586. The number of thiophene rings is 1. The number of benzene rings is 1. The molecule has 1 aromatic carbocycles. The molecule has 1 aliphatic rings. The van der Waals surface area contributed by atoms with Gasteiger partial charge in [0.15, 0.2) is 6.61 Å². The number of ether oxygens (including phenoxy) is 1. The Balaban J connectivity index is 1.36. The maximum atomic E-state index is 13.3. The van der Waals surface area contributed by atoms with Gasteiger partial charge in [0.25, 0.3) is 11.5 Å². The Morgan fingerprint density at radius 2 is 1.89 bits per heavy atom. The molecule has 3 aromatic rings. The number of esters is 1. The number of hydrogen-bond acceptors (Lipinski definition) is 6. The Morgan fingerprint density at radius 1 is 1.17 bits per heavy atom. The van der Waals surface area contributed by atoms with E-state index in [4.69, 9.17) is 4.74 Å². The number of halogens is 1. The van der Waals surface area contributed by atoms with E-state index in [2.05, 4.69) is 4.98 Å². The molecule has 1 amide bonds. The lowest BCUT2D eigenvalue weighted by atomic mass is 9.93. The number of fused-ring (bicyclic) bond motifs is 1. The number of nitrogens with zero attached hydrogens (tertiary/aromatic N) is 3. The summed E-state index contributed by atoms with van der Waals surface area (Å²) < 4.78 is 20.0. The van der Waals surface area contributed by atoms with E-state index in [9.17, 15) is 18.8 Å². The average Bonchev–Trinajstić information content (AvgIpc) is 3.16. The Labute approximate surface area is 207 Å². The Hall–Kier alpha value is -3.07. The molecule has 4 rings (SSSR count). The predicted molar refractivity (Wildman–Crippen MR) is 133 cm³/mol. The highest BCUT2D eigenvalue weighted by Crippen LogP contribution is 2.26. The molecule has 0 radical (unpaired) electrons. The van der Waals surface area contributed by atoms with E-state index in [1.54, 1.807) is 17.0 Å². The molecule has 0 spiro atoms. The average molecular weight is 500 g/mol. The summed E-state index contributed by atoms with van der Waals surface area (Å²) >= 11 is 1.48. The third-order valence-electron chi connectivity index (χ3n) is 6.67. The molecule has 0 atom stereocenters. The van der Waals surface area contributed by atoms with Crippen LogP contribution >= 0.6 is 11.3 Å². The minimum atomic E-state index is -0.547. The number of amides is 1. The van der Waals surface area contributed by atoms with E-state index < -0.39 is 5.97 Å². The lowest BCUT2D eigenvalue weighted by Gasteiger charge is -2.34. The Kier molecular flexibility index (Phi) is 7.95. The van der Waals surface area contributed by atoms with Crippen LogP contribution in [0.15, 0.2) is 35.4 Å². The van der Waals surface area contributed by atoms with Gasteiger partial charge in [-0.25, -0.2) is 9.37 Å². The highest BCUT2D eigenvalue weighted by Gasteiger charge is 2.26. The van der Waals surface area contributed by atoms with E-state index in [0.717, 1.165) is 48.1 Å². The molecule has 2 aromatic heterocycles. The van der Waals surface area contributed by atoms with Gasteiger partial charge < -0.3 is 9.64 Å². The lowest BCUT2D eigenvalue weighted by Crippen LogP contribution is -2.43. The third-order valence-corrected chi connectivity index (χ3v) is 7.79. The van der Waals surface area contributed by atoms with E-state index in [1.807, 2.05) is 13.8 Å². The van der Waals surface area contributed by atoms with Crippen LogP contribution in [-0.2, 0) is 27.4 Å². The smallest absolute Gasteiger partial charge is 0.308 e. The number of carbonyl (C=O) groups excluding carboxylic acids is 2. The quantitative estimate of drug-likeness (QED) is 0.426. The number of aromatic nitrogens is 2. The zero-order valence-electron chi connectivity index (χ0n) is 20.1. The fraction of sp³-hybridized carbons (Fsp3) is 0.462. The van der Waals surface area contributed by atoms with Gasteiger partial charge in [0.2, 0.25) is 0 Å². The fourth-order valence-electron chi connectivity index (χ4n) is 4.54. The second-order valence-electron chi connectivity index (χ2n) is 9.06. The first-order chi connectivity index (χ1) is 16.8. The number of hydrogen-bond donors (Lipinski definition) is 0. The molecule has 7 nitrogen and oxygen atoms in total. The van der Waals surface area contributed by atoms with E-state index in [1.165, 1.54) is 34.4 Å². The molecule has 186 valence electrons. The van der Waals surface area contributed by atoms with Crippen molar-refractivity contribution in [3.05, 3.63) is 62.8 Å². The second-order valence-corrected chi connectivity index (χ2v) is 10.3. The van der Waals surface area contributed by atoms with Gasteiger partial charge in [-0.1, -0.05) is 31.4 Å². The van der Waals surface area contributed by atoms with Gasteiger partial charge in [-0.3, -0.25) is 19.0 Å².